The molecule has 1 N–H and O–H groups in total. The first kappa shape index (κ1) is 19.4. The second kappa shape index (κ2) is 8.18. The normalized spacial score (nSPS) is 12.1. The number of thiophene rings is 1. The van der Waals surface area contributed by atoms with E-state index in [0.29, 0.717) is 21.1 Å². The van der Waals surface area contributed by atoms with Crippen LogP contribution in [0.2, 0.25) is 0 Å². The molecule has 2 heterocycles. The van der Waals surface area contributed by atoms with Crippen LogP contribution in [0.5, 0.6) is 0 Å². The molecule has 0 saturated heterocycles. The minimum Gasteiger partial charge on any atom is -0.325 e. The highest BCUT2D eigenvalue weighted by molar-refractivity contribution is 8.00. The van der Waals surface area contributed by atoms with Crippen molar-refractivity contribution in [1.82, 2.24) is 9.55 Å². The number of hydrogen-bond donors (Lipinski definition) is 1. The molecular formula is C21H16FN3O2S2. The fraction of sp³-hybridized carbons (Fsp3) is 0.0952. The molecular weight excluding hydrogens is 409 g/mol. The third-order valence-corrected chi connectivity index (χ3v) is 6.44. The quantitative estimate of drug-likeness (QED) is 0.375. The van der Waals surface area contributed by atoms with Crippen LogP contribution in [0.3, 0.4) is 0 Å². The molecule has 1 atom stereocenters. The highest BCUT2D eigenvalue weighted by Gasteiger charge is 2.25. The van der Waals surface area contributed by atoms with E-state index in [9.17, 15) is 14.0 Å². The minimum absolute atomic E-state index is 0.149. The summed E-state index contributed by atoms with van der Waals surface area (Å²) in [7, 11) is 1.65. The molecule has 0 aliphatic rings. The summed E-state index contributed by atoms with van der Waals surface area (Å²) in [6.45, 7) is 0. The number of nitrogens with one attached hydrogen (secondary N) is 1. The fourth-order valence-corrected chi connectivity index (χ4v) is 4.70. The molecule has 4 aromatic rings. The lowest BCUT2D eigenvalue weighted by atomic mass is 10.1. The minimum atomic E-state index is -0.642. The molecule has 0 radical (unpaired) electrons. The van der Waals surface area contributed by atoms with Crippen molar-refractivity contribution in [2.24, 2.45) is 7.05 Å². The number of aromatic nitrogens is 2. The second-order valence-electron chi connectivity index (χ2n) is 6.30. The van der Waals surface area contributed by atoms with E-state index < -0.39 is 5.25 Å². The number of benzene rings is 2. The maximum absolute atomic E-state index is 13.2. The van der Waals surface area contributed by atoms with Gasteiger partial charge in [-0.15, -0.1) is 11.3 Å². The van der Waals surface area contributed by atoms with Gasteiger partial charge < -0.3 is 5.32 Å². The third-order valence-electron chi connectivity index (χ3n) is 4.34. The molecule has 0 spiro atoms. The van der Waals surface area contributed by atoms with Gasteiger partial charge in [0.2, 0.25) is 5.91 Å². The van der Waals surface area contributed by atoms with Crippen LogP contribution in [0, 0.1) is 5.82 Å². The van der Waals surface area contributed by atoms with Crippen LogP contribution >= 0.6 is 23.1 Å². The average Bonchev–Trinajstić information content (AvgIpc) is 3.20. The van der Waals surface area contributed by atoms with Gasteiger partial charge in [0.25, 0.3) is 5.56 Å². The smallest absolute Gasteiger partial charge is 0.262 e. The van der Waals surface area contributed by atoms with Crippen molar-refractivity contribution in [3.63, 3.8) is 0 Å². The monoisotopic (exact) mass is 425 g/mol. The molecule has 1 unspecified atom stereocenters. The summed E-state index contributed by atoms with van der Waals surface area (Å²) in [4.78, 5) is 30.9. The molecule has 0 fully saturated rings. The van der Waals surface area contributed by atoms with Gasteiger partial charge in [-0.2, -0.15) is 0 Å². The SMILES string of the molecule is Cn1c(SC(C(=O)Nc2ccc(F)cc2)c2ccccc2)nc2sccc2c1=O. The predicted molar refractivity (Wildman–Crippen MR) is 115 cm³/mol. The maximum Gasteiger partial charge on any atom is 0.262 e. The molecule has 2 aromatic heterocycles. The van der Waals surface area contributed by atoms with Gasteiger partial charge in [-0.1, -0.05) is 42.1 Å². The van der Waals surface area contributed by atoms with Crippen molar-refractivity contribution >= 4 is 44.9 Å². The van der Waals surface area contributed by atoms with Gasteiger partial charge in [0.1, 0.15) is 15.9 Å². The highest BCUT2D eigenvalue weighted by atomic mass is 32.2. The van der Waals surface area contributed by atoms with Crippen LogP contribution in [0.1, 0.15) is 10.8 Å². The van der Waals surface area contributed by atoms with Crippen molar-refractivity contribution in [3.05, 3.63) is 87.8 Å². The summed E-state index contributed by atoms with van der Waals surface area (Å²) in [5.74, 6) is -0.659. The molecule has 146 valence electrons. The Labute approximate surface area is 174 Å². The van der Waals surface area contributed by atoms with Crippen LogP contribution in [0.25, 0.3) is 10.2 Å². The summed E-state index contributed by atoms with van der Waals surface area (Å²) >= 11 is 2.59. The number of fused-ring (bicyclic) bond motifs is 1. The average molecular weight is 426 g/mol. The first-order valence-corrected chi connectivity index (χ1v) is 10.5. The predicted octanol–water partition coefficient (Wildman–Crippen LogP) is 4.61. The van der Waals surface area contributed by atoms with Gasteiger partial charge in [0.05, 0.1) is 5.39 Å². The number of rotatable bonds is 5. The zero-order chi connectivity index (χ0) is 20.4. The van der Waals surface area contributed by atoms with E-state index in [1.807, 2.05) is 35.7 Å². The van der Waals surface area contributed by atoms with Crippen LogP contribution in [-0.4, -0.2) is 15.5 Å². The van der Waals surface area contributed by atoms with Crippen LogP contribution in [-0.2, 0) is 11.8 Å². The summed E-state index contributed by atoms with van der Waals surface area (Å²) in [6.07, 6.45) is 0. The van der Waals surface area contributed by atoms with Gasteiger partial charge in [-0.3, -0.25) is 14.2 Å². The van der Waals surface area contributed by atoms with Gasteiger partial charge in [0.15, 0.2) is 5.16 Å². The van der Waals surface area contributed by atoms with E-state index in [1.165, 1.54) is 51.9 Å². The number of thioether (sulfide) groups is 1. The van der Waals surface area contributed by atoms with Crippen LogP contribution in [0.4, 0.5) is 10.1 Å². The van der Waals surface area contributed by atoms with E-state index in [4.69, 9.17) is 0 Å². The van der Waals surface area contributed by atoms with Crippen molar-refractivity contribution in [2.45, 2.75) is 10.4 Å². The van der Waals surface area contributed by atoms with Crippen LogP contribution < -0.4 is 10.9 Å². The summed E-state index contributed by atoms with van der Waals surface area (Å²) in [6, 6.07) is 16.6. The zero-order valence-electron chi connectivity index (χ0n) is 15.3. The van der Waals surface area contributed by atoms with E-state index in [2.05, 4.69) is 10.3 Å². The van der Waals surface area contributed by atoms with E-state index in [0.717, 1.165) is 5.56 Å². The standard InChI is InChI=1S/C21H16FN3O2S2/c1-25-20(27)16-11-12-28-19(16)24-21(25)29-17(13-5-3-2-4-6-13)18(26)23-15-9-7-14(22)8-10-15/h2-12,17H,1H3,(H,23,26). The Morgan fingerprint density at radius 1 is 1.14 bits per heavy atom. The largest absolute Gasteiger partial charge is 0.325 e. The van der Waals surface area contributed by atoms with Gasteiger partial charge in [0, 0.05) is 12.7 Å². The van der Waals surface area contributed by atoms with Gasteiger partial charge in [-0.05, 0) is 41.3 Å². The third kappa shape index (κ3) is 4.08. The topological polar surface area (TPSA) is 64.0 Å². The molecule has 0 aliphatic heterocycles. The molecule has 29 heavy (non-hydrogen) atoms. The summed E-state index contributed by atoms with van der Waals surface area (Å²) in [5, 5.41) is 5.01. The van der Waals surface area contributed by atoms with Gasteiger partial charge in [-0.25, -0.2) is 9.37 Å². The number of amides is 1. The number of anilines is 1. The number of halogens is 1. The zero-order valence-corrected chi connectivity index (χ0v) is 17.0. The molecule has 0 saturated carbocycles. The fourth-order valence-electron chi connectivity index (χ4n) is 2.83. The summed E-state index contributed by atoms with van der Waals surface area (Å²) < 4.78 is 14.6. The number of nitrogens with zero attached hydrogens (tertiary/aromatic N) is 2. The highest BCUT2D eigenvalue weighted by Crippen LogP contribution is 2.35. The molecule has 2 aromatic carbocycles. The molecule has 4 rings (SSSR count). The Morgan fingerprint density at radius 3 is 2.59 bits per heavy atom. The Balaban J connectivity index is 1.70. The van der Waals surface area contributed by atoms with Crippen molar-refractivity contribution in [2.75, 3.05) is 5.32 Å². The van der Waals surface area contributed by atoms with E-state index in [1.54, 1.807) is 13.1 Å². The second-order valence-corrected chi connectivity index (χ2v) is 8.27. The molecule has 0 aliphatic carbocycles. The van der Waals surface area contributed by atoms with Crippen LogP contribution in [0.15, 0.2) is 76.0 Å². The lowest BCUT2D eigenvalue weighted by Gasteiger charge is -2.18. The molecule has 5 nitrogen and oxygen atoms in total. The van der Waals surface area contributed by atoms with Crippen molar-refractivity contribution in [3.8, 4) is 0 Å². The van der Waals surface area contributed by atoms with E-state index in [-0.39, 0.29) is 17.3 Å². The Morgan fingerprint density at radius 2 is 1.86 bits per heavy atom. The Bertz CT molecular complexity index is 1220. The molecule has 0 bridgehead atoms. The Kier molecular flexibility index (Phi) is 5.46. The first-order valence-electron chi connectivity index (χ1n) is 8.75. The van der Waals surface area contributed by atoms with Gasteiger partial charge >= 0.3 is 0 Å². The molecule has 1 amide bonds. The summed E-state index contributed by atoms with van der Waals surface area (Å²) in [5.41, 5.74) is 1.12. The number of carbonyl (C=O) groups excluding carboxylic acids is 1. The lowest BCUT2D eigenvalue weighted by Crippen LogP contribution is -2.23. The lowest BCUT2D eigenvalue weighted by molar-refractivity contribution is -0.115. The van der Waals surface area contributed by atoms with E-state index >= 15 is 0 Å². The van der Waals surface area contributed by atoms with Crippen molar-refractivity contribution in [1.29, 1.82) is 0 Å². The first-order chi connectivity index (χ1) is 14.0. The molecule has 8 heteroatoms. The number of carbonyl (C=O) groups is 1. The number of hydrogen-bond acceptors (Lipinski definition) is 5. The maximum atomic E-state index is 13.2. The Hall–Kier alpha value is -2.97. The van der Waals surface area contributed by atoms with Crippen molar-refractivity contribution < 1.29 is 9.18 Å².